The van der Waals surface area contributed by atoms with Gasteiger partial charge in [-0.3, -0.25) is 0 Å². The molecule has 0 saturated carbocycles. The van der Waals surface area contributed by atoms with Gasteiger partial charge in [-0.2, -0.15) is 0 Å². The van der Waals surface area contributed by atoms with Crippen LogP contribution in [-0.2, 0) is 0 Å². The van der Waals surface area contributed by atoms with Crippen molar-refractivity contribution in [2.45, 2.75) is 0 Å². The molecule has 0 radical (unpaired) electrons. The molecule has 0 atom stereocenters. The van der Waals surface area contributed by atoms with Crippen LogP contribution >= 0.6 is 0 Å². The van der Waals surface area contributed by atoms with Crippen LogP contribution in [0.4, 0.5) is 17.1 Å². The maximum Gasteiger partial charge on any atom is 0.0541 e. The zero-order valence-electron chi connectivity index (χ0n) is 34.1. The highest BCUT2D eigenvalue weighted by molar-refractivity contribution is 6.09. The molecule has 0 aliphatic carbocycles. The molecule has 1 aromatic heterocycles. The lowest BCUT2D eigenvalue weighted by Crippen LogP contribution is -2.10. The molecule has 0 unspecified atom stereocenters. The van der Waals surface area contributed by atoms with Crippen molar-refractivity contribution in [3.05, 3.63) is 255 Å². The zero-order chi connectivity index (χ0) is 41.2. The highest BCUT2D eigenvalue weighted by Gasteiger charge is 2.18. The van der Waals surface area contributed by atoms with Gasteiger partial charge in [-0.25, -0.2) is 0 Å². The van der Waals surface area contributed by atoms with Crippen molar-refractivity contribution in [2.75, 3.05) is 4.90 Å². The van der Waals surface area contributed by atoms with E-state index < -0.39 is 0 Å². The second-order valence-electron chi connectivity index (χ2n) is 15.8. The Morgan fingerprint density at radius 1 is 0.242 bits per heavy atom. The summed E-state index contributed by atoms with van der Waals surface area (Å²) in [6.07, 6.45) is 0. The molecule has 10 aromatic carbocycles. The molecule has 0 amide bonds. The third-order valence-electron chi connectivity index (χ3n) is 12.0. The minimum Gasteiger partial charge on any atom is -0.310 e. The van der Waals surface area contributed by atoms with Crippen molar-refractivity contribution in [2.24, 2.45) is 0 Å². The number of aromatic nitrogens is 1. The minimum absolute atomic E-state index is 1.08. The zero-order valence-corrected chi connectivity index (χ0v) is 34.1. The van der Waals surface area contributed by atoms with E-state index in [0.29, 0.717) is 0 Å². The molecule has 0 saturated heterocycles. The summed E-state index contributed by atoms with van der Waals surface area (Å²) in [5.41, 5.74) is 18.7. The summed E-state index contributed by atoms with van der Waals surface area (Å²) < 4.78 is 2.38. The van der Waals surface area contributed by atoms with Gasteiger partial charge in [0.25, 0.3) is 0 Å². The van der Waals surface area contributed by atoms with E-state index in [0.717, 1.165) is 28.3 Å². The number of hydrogen-bond acceptors (Lipinski definition) is 1. The smallest absolute Gasteiger partial charge is 0.0541 e. The Kier molecular flexibility index (Phi) is 9.57. The van der Waals surface area contributed by atoms with Crippen molar-refractivity contribution in [3.8, 4) is 61.3 Å². The van der Waals surface area contributed by atoms with Crippen molar-refractivity contribution in [1.29, 1.82) is 0 Å². The highest BCUT2D eigenvalue weighted by Crippen LogP contribution is 2.42. The average Bonchev–Trinajstić information content (AvgIpc) is 3.70. The first-order chi connectivity index (χ1) is 30.7. The molecule has 0 aliphatic heterocycles. The monoisotopic (exact) mass is 790 g/mol. The average molecular weight is 791 g/mol. The normalized spacial score (nSPS) is 11.2. The molecule has 0 aliphatic rings. The Labute approximate surface area is 362 Å². The fourth-order valence-electron chi connectivity index (χ4n) is 8.96. The van der Waals surface area contributed by atoms with Gasteiger partial charge in [-0.1, -0.05) is 194 Å². The number of benzene rings is 10. The largest absolute Gasteiger partial charge is 0.310 e. The number of anilines is 3. The molecule has 2 heteroatoms. The predicted molar refractivity (Wildman–Crippen MR) is 263 cm³/mol. The fourth-order valence-corrected chi connectivity index (χ4v) is 8.96. The molecule has 11 aromatic rings. The molecule has 11 rings (SSSR count). The molecule has 0 N–H and O–H groups in total. The van der Waals surface area contributed by atoms with Gasteiger partial charge >= 0.3 is 0 Å². The fraction of sp³-hybridized carbons (Fsp3) is 0. The van der Waals surface area contributed by atoms with Gasteiger partial charge in [0.2, 0.25) is 0 Å². The lowest BCUT2D eigenvalue weighted by molar-refractivity contribution is 1.18. The van der Waals surface area contributed by atoms with Crippen LogP contribution in [0.15, 0.2) is 255 Å². The summed E-state index contributed by atoms with van der Waals surface area (Å²) >= 11 is 0. The van der Waals surface area contributed by atoms with E-state index in [9.17, 15) is 0 Å². The first-order valence-electron chi connectivity index (χ1n) is 21.3. The molecule has 0 spiro atoms. The molecule has 0 bridgehead atoms. The van der Waals surface area contributed by atoms with Crippen molar-refractivity contribution < 1.29 is 0 Å². The van der Waals surface area contributed by atoms with Crippen LogP contribution in [0.5, 0.6) is 0 Å². The number of hydrogen-bond donors (Lipinski definition) is 0. The maximum absolute atomic E-state index is 2.38. The van der Waals surface area contributed by atoms with Crippen LogP contribution in [0.2, 0.25) is 0 Å². The van der Waals surface area contributed by atoms with Crippen LogP contribution < -0.4 is 4.90 Å². The number of rotatable bonds is 9. The molecular weight excluding hydrogens is 749 g/mol. The van der Waals surface area contributed by atoms with Crippen molar-refractivity contribution in [3.63, 3.8) is 0 Å². The summed E-state index contributed by atoms with van der Waals surface area (Å²) in [6.45, 7) is 0. The summed E-state index contributed by atoms with van der Waals surface area (Å²) in [4.78, 5) is 2.38. The summed E-state index contributed by atoms with van der Waals surface area (Å²) in [5.74, 6) is 0. The Morgan fingerprint density at radius 3 is 1.18 bits per heavy atom. The molecule has 0 fully saturated rings. The van der Waals surface area contributed by atoms with Gasteiger partial charge < -0.3 is 9.47 Å². The summed E-state index contributed by atoms with van der Waals surface area (Å²) in [5, 5.41) is 2.53. The number of para-hydroxylation sites is 2. The maximum atomic E-state index is 2.38. The molecular formula is C60H42N2. The summed E-state index contributed by atoms with van der Waals surface area (Å²) in [6, 6.07) is 92.0. The first kappa shape index (κ1) is 36.8. The van der Waals surface area contributed by atoms with Gasteiger partial charge in [0.05, 0.1) is 11.0 Å². The van der Waals surface area contributed by atoms with Crippen LogP contribution in [0.1, 0.15) is 0 Å². The number of fused-ring (bicyclic) bond motifs is 3. The van der Waals surface area contributed by atoms with E-state index in [1.54, 1.807) is 0 Å². The lowest BCUT2D eigenvalue weighted by atomic mass is 9.92. The van der Waals surface area contributed by atoms with Gasteiger partial charge in [0.1, 0.15) is 0 Å². The van der Waals surface area contributed by atoms with Crippen LogP contribution in [0.25, 0.3) is 83.1 Å². The second kappa shape index (κ2) is 16.1. The van der Waals surface area contributed by atoms with Crippen molar-refractivity contribution in [1.82, 2.24) is 4.57 Å². The van der Waals surface area contributed by atoms with Crippen LogP contribution in [-0.4, -0.2) is 4.57 Å². The van der Waals surface area contributed by atoms with Crippen LogP contribution in [0.3, 0.4) is 0 Å². The van der Waals surface area contributed by atoms with Crippen LogP contribution in [0, 0.1) is 0 Å². The second-order valence-corrected chi connectivity index (χ2v) is 15.8. The Hall–Kier alpha value is -8.20. The van der Waals surface area contributed by atoms with E-state index in [1.807, 2.05) is 0 Å². The van der Waals surface area contributed by atoms with E-state index >= 15 is 0 Å². The minimum atomic E-state index is 1.08. The van der Waals surface area contributed by atoms with Gasteiger partial charge in [-0.05, 0) is 116 Å². The van der Waals surface area contributed by atoms with E-state index in [2.05, 4.69) is 264 Å². The predicted octanol–water partition coefficient (Wildman–Crippen LogP) is 16.6. The molecule has 292 valence electrons. The SMILES string of the molecule is c1ccc(-c2ccc(-c3ccc(N(c4ccc(-c5ccccc5)cc4)c4ccc(-c5cccc(-n6c7ccccc7c7ccccc76)c5)cc4)cc3-c3ccccc3)cc2)cc1. The van der Waals surface area contributed by atoms with Crippen molar-refractivity contribution >= 4 is 38.9 Å². The van der Waals surface area contributed by atoms with E-state index in [4.69, 9.17) is 0 Å². The topological polar surface area (TPSA) is 8.17 Å². The summed E-state index contributed by atoms with van der Waals surface area (Å²) in [7, 11) is 0. The Bertz CT molecular complexity index is 3240. The quantitative estimate of drug-likeness (QED) is 0.141. The molecule has 1 heterocycles. The molecule has 2 nitrogen and oxygen atoms in total. The Morgan fingerprint density at radius 2 is 0.629 bits per heavy atom. The standard InChI is InChI=1S/C60H42N2/c1-4-15-43(16-5-1)45-27-29-49(30-28-45)55-40-39-54(42-58(55)48-19-8-3-9-20-48)61(51-35-31-46(32-36-51)44-17-6-2-7-18-44)52-37-33-47(34-38-52)50-21-14-22-53(41-50)62-59-25-12-10-23-56(59)57-24-11-13-26-60(57)62/h1-42H. The van der Waals surface area contributed by atoms with Gasteiger partial charge in [0.15, 0.2) is 0 Å². The lowest BCUT2D eigenvalue weighted by Gasteiger charge is -2.27. The Balaban J connectivity index is 1.00. The first-order valence-corrected chi connectivity index (χ1v) is 21.3. The molecule has 62 heavy (non-hydrogen) atoms. The third kappa shape index (κ3) is 6.94. The third-order valence-corrected chi connectivity index (χ3v) is 12.0. The van der Waals surface area contributed by atoms with Gasteiger partial charge in [0, 0.05) is 33.5 Å². The van der Waals surface area contributed by atoms with E-state index in [1.165, 1.54) is 71.9 Å². The number of nitrogens with zero attached hydrogens (tertiary/aromatic N) is 2. The van der Waals surface area contributed by atoms with Gasteiger partial charge in [-0.15, -0.1) is 0 Å². The van der Waals surface area contributed by atoms with E-state index in [-0.39, 0.29) is 0 Å². The highest BCUT2D eigenvalue weighted by atomic mass is 15.1.